The van der Waals surface area contributed by atoms with Gasteiger partial charge >= 0.3 is 0 Å². The highest BCUT2D eigenvalue weighted by atomic mass is 16.2. The first-order valence-electron chi connectivity index (χ1n) is 7.46. The van der Waals surface area contributed by atoms with Crippen LogP contribution >= 0.6 is 0 Å². The van der Waals surface area contributed by atoms with Crippen molar-refractivity contribution in [3.63, 3.8) is 0 Å². The first-order chi connectivity index (χ1) is 10.5. The SMILES string of the molecule is CN1C(=O)C(CC(=O)N2CCCC2C(N)=O)c2ccccc21. The van der Waals surface area contributed by atoms with Gasteiger partial charge in [-0.15, -0.1) is 0 Å². The maximum absolute atomic E-state index is 12.5. The van der Waals surface area contributed by atoms with Gasteiger partial charge in [-0.3, -0.25) is 14.4 Å². The molecule has 1 aromatic rings. The molecule has 1 saturated heterocycles. The van der Waals surface area contributed by atoms with Crippen molar-refractivity contribution in [2.75, 3.05) is 18.5 Å². The summed E-state index contributed by atoms with van der Waals surface area (Å²) in [5, 5.41) is 0. The van der Waals surface area contributed by atoms with E-state index in [0.29, 0.717) is 13.0 Å². The molecule has 0 radical (unpaired) electrons. The third-order valence-corrected chi connectivity index (χ3v) is 4.58. The standard InChI is InChI=1S/C16H19N3O3/c1-18-12-6-3-2-5-10(12)11(16(18)22)9-14(20)19-8-4-7-13(19)15(17)21/h2-3,5-6,11,13H,4,7-9H2,1H3,(H2,17,21). The van der Waals surface area contributed by atoms with Gasteiger partial charge in [0.25, 0.3) is 0 Å². The second-order valence-electron chi connectivity index (χ2n) is 5.86. The van der Waals surface area contributed by atoms with Crippen LogP contribution in [-0.4, -0.2) is 42.3 Å². The normalized spacial score (nSPS) is 23.8. The number of rotatable bonds is 3. The highest BCUT2D eigenvalue weighted by molar-refractivity contribution is 6.06. The van der Waals surface area contributed by atoms with Crippen molar-refractivity contribution < 1.29 is 14.4 Å². The van der Waals surface area contributed by atoms with E-state index in [1.54, 1.807) is 11.9 Å². The molecule has 6 heteroatoms. The van der Waals surface area contributed by atoms with Crippen molar-refractivity contribution in [3.8, 4) is 0 Å². The van der Waals surface area contributed by atoms with Gasteiger partial charge in [-0.2, -0.15) is 0 Å². The van der Waals surface area contributed by atoms with Crippen molar-refractivity contribution in [1.82, 2.24) is 4.90 Å². The fourth-order valence-electron chi connectivity index (χ4n) is 3.42. The minimum Gasteiger partial charge on any atom is -0.368 e. The Morgan fingerprint density at radius 2 is 2.05 bits per heavy atom. The maximum atomic E-state index is 12.5. The van der Waals surface area contributed by atoms with Gasteiger partial charge < -0.3 is 15.5 Å². The number of likely N-dealkylation sites (N-methyl/N-ethyl adjacent to an activating group) is 1. The lowest BCUT2D eigenvalue weighted by Crippen LogP contribution is -2.44. The van der Waals surface area contributed by atoms with Gasteiger partial charge in [0.15, 0.2) is 0 Å². The Morgan fingerprint density at radius 1 is 1.32 bits per heavy atom. The number of carbonyl (C=O) groups is 3. The van der Waals surface area contributed by atoms with E-state index in [1.807, 2.05) is 24.3 Å². The van der Waals surface area contributed by atoms with E-state index in [-0.39, 0.29) is 18.2 Å². The van der Waals surface area contributed by atoms with Gasteiger partial charge in [0.2, 0.25) is 17.7 Å². The lowest BCUT2D eigenvalue weighted by atomic mass is 9.96. The molecule has 0 aromatic heterocycles. The monoisotopic (exact) mass is 301 g/mol. The molecule has 2 heterocycles. The van der Waals surface area contributed by atoms with Crippen molar-refractivity contribution in [3.05, 3.63) is 29.8 Å². The Bertz CT molecular complexity index is 643. The smallest absolute Gasteiger partial charge is 0.240 e. The average molecular weight is 301 g/mol. The zero-order valence-corrected chi connectivity index (χ0v) is 12.5. The second-order valence-corrected chi connectivity index (χ2v) is 5.86. The Balaban J connectivity index is 1.80. The van der Waals surface area contributed by atoms with E-state index >= 15 is 0 Å². The van der Waals surface area contributed by atoms with Crippen LogP contribution in [0.4, 0.5) is 5.69 Å². The predicted octanol–water partition coefficient (Wildman–Crippen LogP) is 0.613. The fraction of sp³-hybridized carbons (Fsp3) is 0.438. The van der Waals surface area contributed by atoms with E-state index in [2.05, 4.69) is 0 Å². The van der Waals surface area contributed by atoms with E-state index in [1.165, 1.54) is 4.90 Å². The molecule has 0 spiro atoms. The number of benzene rings is 1. The number of primary amides is 1. The van der Waals surface area contributed by atoms with Crippen molar-refractivity contribution in [2.45, 2.75) is 31.2 Å². The van der Waals surface area contributed by atoms with E-state index in [9.17, 15) is 14.4 Å². The zero-order valence-electron chi connectivity index (χ0n) is 12.5. The summed E-state index contributed by atoms with van der Waals surface area (Å²) in [5.74, 6) is -1.20. The molecular weight excluding hydrogens is 282 g/mol. The summed E-state index contributed by atoms with van der Waals surface area (Å²) >= 11 is 0. The molecule has 2 aliphatic heterocycles. The van der Waals surface area contributed by atoms with Gasteiger partial charge in [0.05, 0.1) is 5.92 Å². The van der Waals surface area contributed by atoms with Crippen LogP contribution in [0.3, 0.4) is 0 Å². The molecule has 6 nitrogen and oxygen atoms in total. The summed E-state index contributed by atoms with van der Waals surface area (Å²) in [4.78, 5) is 39.4. The Kier molecular flexibility index (Phi) is 3.60. The summed E-state index contributed by atoms with van der Waals surface area (Å²) in [6, 6.07) is 6.96. The van der Waals surface area contributed by atoms with E-state index in [0.717, 1.165) is 17.7 Å². The quantitative estimate of drug-likeness (QED) is 0.888. The molecular formula is C16H19N3O3. The number of anilines is 1. The van der Waals surface area contributed by atoms with Crippen molar-refractivity contribution in [2.24, 2.45) is 5.73 Å². The molecule has 3 amide bonds. The molecule has 2 unspecified atom stereocenters. The number of para-hydroxylation sites is 1. The molecule has 0 bridgehead atoms. The fourth-order valence-corrected chi connectivity index (χ4v) is 3.42. The number of amides is 3. The van der Waals surface area contributed by atoms with Gasteiger partial charge in [0, 0.05) is 25.7 Å². The number of hydrogen-bond donors (Lipinski definition) is 1. The first-order valence-corrected chi connectivity index (χ1v) is 7.46. The molecule has 116 valence electrons. The van der Waals surface area contributed by atoms with Crippen LogP contribution in [0.1, 0.15) is 30.7 Å². The topological polar surface area (TPSA) is 83.7 Å². The summed E-state index contributed by atoms with van der Waals surface area (Å²) in [7, 11) is 1.72. The van der Waals surface area contributed by atoms with Crippen LogP contribution in [0.15, 0.2) is 24.3 Å². The summed E-state index contributed by atoms with van der Waals surface area (Å²) in [5.41, 5.74) is 7.07. The first kappa shape index (κ1) is 14.6. The Labute approximate surface area is 128 Å². The van der Waals surface area contributed by atoms with Crippen LogP contribution in [0.2, 0.25) is 0 Å². The summed E-state index contributed by atoms with van der Waals surface area (Å²) in [6.07, 6.45) is 1.47. The highest BCUT2D eigenvalue weighted by Gasteiger charge is 2.39. The third-order valence-electron chi connectivity index (χ3n) is 4.58. The molecule has 22 heavy (non-hydrogen) atoms. The number of nitrogens with two attached hydrogens (primary N) is 1. The van der Waals surface area contributed by atoms with E-state index < -0.39 is 17.9 Å². The van der Waals surface area contributed by atoms with Gasteiger partial charge in [0.1, 0.15) is 6.04 Å². The molecule has 0 aliphatic carbocycles. The molecule has 1 fully saturated rings. The van der Waals surface area contributed by atoms with Crippen LogP contribution in [0, 0.1) is 0 Å². The highest BCUT2D eigenvalue weighted by Crippen LogP contribution is 2.38. The van der Waals surface area contributed by atoms with E-state index in [4.69, 9.17) is 5.73 Å². The number of fused-ring (bicyclic) bond motifs is 1. The second kappa shape index (κ2) is 5.44. The third kappa shape index (κ3) is 2.24. The van der Waals surface area contributed by atoms with Gasteiger partial charge in [-0.25, -0.2) is 0 Å². The summed E-state index contributed by atoms with van der Waals surface area (Å²) < 4.78 is 0. The van der Waals surface area contributed by atoms with Crippen molar-refractivity contribution >= 4 is 23.4 Å². The van der Waals surface area contributed by atoms with Crippen LogP contribution in [-0.2, 0) is 14.4 Å². The van der Waals surface area contributed by atoms with Crippen LogP contribution < -0.4 is 10.6 Å². The molecule has 1 aromatic carbocycles. The minimum absolute atomic E-state index is 0.0793. The number of hydrogen-bond acceptors (Lipinski definition) is 3. The molecule has 3 rings (SSSR count). The lowest BCUT2D eigenvalue weighted by Gasteiger charge is -2.23. The number of nitrogens with zero attached hydrogens (tertiary/aromatic N) is 2. The maximum Gasteiger partial charge on any atom is 0.240 e. The zero-order chi connectivity index (χ0) is 15.9. The molecule has 0 saturated carbocycles. The summed E-state index contributed by atoms with van der Waals surface area (Å²) in [6.45, 7) is 0.533. The Morgan fingerprint density at radius 3 is 2.77 bits per heavy atom. The molecule has 2 aliphatic rings. The van der Waals surface area contributed by atoms with Crippen LogP contribution in [0.25, 0.3) is 0 Å². The number of likely N-dealkylation sites (tertiary alicyclic amines) is 1. The molecule has 2 atom stereocenters. The largest absolute Gasteiger partial charge is 0.368 e. The lowest BCUT2D eigenvalue weighted by molar-refractivity contribution is -0.138. The number of carbonyl (C=O) groups excluding carboxylic acids is 3. The average Bonchev–Trinajstić information content (AvgIpc) is 3.08. The molecule has 2 N–H and O–H groups in total. The predicted molar refractivity (Wildman–Crippen MR) is 81.1 cm³/mol. The van der Waals surface area contributed by atoms with Crippen molar-refractivity contribution in [1.29, 1.82) is 0 Å². The van der Waals surface area contributed by atoms with Crippen LogP contribution in [0.5, 0.6) is 0 Å². The minimum atomic E-state index is -0.531. The van der Waals surface area contributed by atoms with Gasteiger partial charge in [-0.1, -0.05) is 18.2 Å². The Hall–Kier alpha value is -2.37. The van der Waals surface area contributed by atoms with Gasteiger partial charge in [-0.05, 0) is 24.5 Å².